The third kappa shape index (κ3) is 17.4. The van der Waals surface area contributed by atoms with Crippen molar-refractivity contribution in [2.24, 2.45) is 0 Å². The Balaban J connectivity index is 1.87. The van der Waals surface area contributed by atoms with E-state index in [4.69, 9.17) is 18.9 Å². The van der Waals surface area contributed by atoms with E-state index < -0.39 is 44.1 Å². The van der Waals surface area contributed by atoms with Crippen LogP contribution in [0.25, 0.3) is 0 Å². The molecule has 2 atom stereocenters. The lowest BCUT2D eigenvalue weighted by Crippen LogP contribution is -2.44. The Morgan fingerprint density at radius 2 is 0.900 bits per heavy atom. The van der Waals surface area contributed by atoms with Gasteiger partial charge in [-0.15, -0.1) is 0 Å². The number of sulfonamides is 2. The van der Waals surface area contributed by atoms with E-state index in [-0.39, 0.29) is 90.0 Å². The first-order chi connectivity index (χ1) is 23.6. The summed E-state index contributed by atoms with van der Waals surface area (Å²) in [6, 6.07) is 16.0. The standard InChI is InChI=1S/C34H48N2O12S2/c1-27(37)21-31(23-33(39)47-25-29-11-7-5-8-12-29)35(49(3,41)42)15-17-45-19-20-46-18-16-36(50(4,43)44)32(22-28(2)38)24-34(40)48-26-30-13-9-6-10-14-30/h5-14,31-32H,15-26H2,1-4H3. The third-order valence-electron chi connectivity index (χ3n) is 7.29. The van der Waals surface area contributed by atoms with Crippen molar-refractivity contribution in [3.63, 3.8) is 0 Å². The fourth-order valence-corrected chi connectivity index (χ4v) is 7.26. The maximum absolute atomic E-state index is 12.6. The first-order valence-electron chi connectivity index (χ1n) is 16.0. The van der Waals surface area contributed by atoms with Crippen LogP contribution in [0.15, 0.2) is 60.7 Å². The van der Waals surface area contributed by atoms with Gasteiger partial charge in [0.2, 0.25) is 20.0 Å². The zero-order valence-electron chi connectivity index (χ0n) is 29.0. The summed E-state index contributed by atoms with van der Waals surface area (Å²) in [6.45, 7) is 2.24. The third-order valence-corrected chi connectivity index (χ3v) is 9.95. The average molecular weight is 741 g/mol. The second-order valence-corrected chi connectivity index (χ2v) is 15.7. The summed E-state index contributed by atoms with van der Waals surface area (Å²) in [5.41, 5.74) is 1.53. The number of ketones is 2. The van der Waals surface area contributed by atoms with Crippen molar-refractivity contribution in [2.75, 3.05) is 52.0 Å². The van der Waals surface area contributed by atoms with Crippen molar-refractivity contribution >= 4 is 43.6 Å². The Labute approximate surface area is 295 Å². The molecule has 2 rings (SSSR count). The van der Waals surface area contributed by atoms with Gasteiger partial charge in [-0.1, -0.05) is 60.7 Å². The lowest BCUT2D eigenvalue weighted by Gasteiger charge is -2.29. The lowest BCUT2D eigenvalue weighted by molar-refractivity contribution is -0.147. The van der Waals surface area contributed by atoms with Gasteiger partial charge in [0.05, 0.1) is 51.8 Å². The molecule has 0 aromatic heterocycles. The van der Waals surface area contributed by atoms with Crippen molar-refractivity contribution in [1.82, 2.24) is 8.61 Å². The fourth-order valence-electron chi connectivity index (χ4n) is 5.06. The molecule has 0 fully saturated rings. The van der Waals surface area contributed by atoms with E-state index in [9.17, 15) is 36.0 Å². The molecule has 0 radical (unpaired) electrons. The SMILES string of the molecule is CC(=O)CC(CC(=O)OCc1ccccc1)N(CCOCCOCCN(C(CC(C)=O)CC(=O)OCc1ccccc1)S(C)(=O)=O)S(C)(=O)=O. The number of esters is 2. The first kappa shape index (κ1) is 42.6. The van der Waals surface area contributed by atoms with Gasteiger partial charge in [0.25, 0.3) is 0 Å². The molecule has 2 aromatic rings. The second kappa shape index (κ2) is 21.6. The van der Waals surface area contributed by atoms with E-state index in [1.807, 2.05) is 12.1 Å². The highest BCUT2D eigenvalue weighted by atomic mass is 32.2. The average Bonchev–Trinajstić information content (AvgIpc) is 3.02. The van der Waals surface area contributed by atoms with E-state index in [1.54, 1.807) is 48.5 Å². The molecule has 0 N–H and O–H groups in total. The van der Waals surface area contributed by atoms with E-state index in [0.29, 0.717) is 0 Å². The maximum atomic E-state index is 12.6. The maximum Gasteiger partial charge on any atom is 0.307 e. The Kier molecular flexibility index (Phi) is 18.4. The van der Waals surface area contributed by atoms with Crippen LogP contribution in [0, 0.1) is 0 Å². The molecule has 50 heavy (non-hydrogen) atoms. The van der Waals surface area contributed by atoms with Crippen LogP contribution < -0.4 is 0 Å². The molecule has 0 aliphatic rings. The van der Waals surface area contributed by atoms with E-state index in [0.717, 1.165) is 32.2 Å². The number of hydrogen-bond acceptors (Lipinski definition) is 12. The number of Topliss-reactive ketones (excluding diaryl/α,β-unsaturated/α-hetero) is 2. The molecular formula is C34H48N2O12S2. The topological polar surface area (TPSA) is 180 Å². The van der Waals surface area contributed by atoms with Gasteiger partial charge < -0.3 is 18.9 Å². The van der Waals surface area contributed by atoms with Crippen molar-refractivity contribution in [1.29, 1.82) is 0 Å². The summed E-state index contributed by atoms with van der Waals surface area (Å²) < 4.78 is 74.3. The number of rotatable bonds is 25. The van der Waals surface area contributed by atoms with Crippen molar-refractivity contribution in [3.05, 3.63) is 71.8 Å². The highest BCUT2D eigenvalue weighted by Crippen LogP contribution is 2.17. The quantitative estimate of drug-likeness (QED) is 0.107. The van der Waals surface area contributed by atoms with E-state index >= 15 is 0 Å². The first-order valence-corrected chi connectivity index (χ1v) is 19.7. The molecule has 0 saturated carbocycles. The van der Waals surface area contributed by atoms with Crippen LogP contribution in [0.3, 0.4) is 0 Å². The van der Waals surface area contributed by atoms with Gasteiger partial charge in [0.1, 0.15) is 24.8 Å². The Hall–Kier alpha value is -3.54. The summed E-state index contributed by atoms with van der Waals surface area (Å²) in [4.78, 5) is 49.1. The molecule has 278 valence electrons. The minimum absolute atomic E-state index is 0.00900. The van der Waals surface area contributed by atoms with Gasteiger partial charge in [-0.05, 0) is 25.0 Å². The van der Waals surface area contributed by atoms with E-state index in [2.05, 4.69) is 0 Å². The predicted octanol–water partition coefficient (Wildman–Crippen LogP) is 2.51. The minimum Gasteiger partial charge on any atom is -0.461 e. The van der Waals surface area contributed by atoms with Gasteiger partial charge in [0, 0.05) is 38.0 Å². The minimum atomic E-state index is -3.85. The molecule has 0 spiro atoms. The van der Waals surface area contributed by atoms with Gasteiger partial charge >= 0.3 is 11.9 Å². The summed E-state index contributed by atoms with van der Waals surface area (Å²) in [6.07, 6.45) is 0.929. The van der Waals surface area contributed by atoms with Gasteiger partial charge in [-0.3, -0.25) is 19.2 Å². The summed E-state index contributed by atoms with van der Waals surface area (Å²) in [5, 5.41) is 0. The number of carbonyl (C=O) groups is 4. The largest absolute Gasteiger partial charge is 0.461 e. The van der Waals surface area contributed by atoms with Crippen molar-refractivity contribution < 1.29 is 55.0 Å². The highest BCUT2D eigenvalue weighted by Gasteiger charge is 2.31. The molecule has 16 heteroatoms. The molecule has 0 aliphatic carbocycles. The van der Waals surface area contributed by atoms with Crippen LogP contribution in [0.2, 0.25) is 0 Å². The Bertz CT molecular complexity index is 1470. The molecule has 0 saturated heterocycles. The van der Waals surface area contributed by atoms with Crippen molar-refractivity contribution in [2.45, 2.75) is 64.8 Å². The summed E-state index contributed by atoms with van der Waals surface area (Å²) >= 11 is 0. The second-order valence-electron chi connectivity index (χ2n) is 11.8. The number of carbonyl (C=O) groups excluding carboxylic acids is 4. The lowest BCUT2D eigenvalue weighted by atomic mass is 10.1. The van der Waals surface area contributed by atoms with Gasteiger partial charge in [0.15, 0.2) is 0 Å². The number of nitrogens with zero attached hydrogens (tertiary/aromatic N) is 2. The molecule has 0 aliphatic heterocycles. The van der Waals surface area contributed by atoms with Crippen LogP contribution in [0.1, 0.15) is 50.7 Å². The van der Waals surface area contributed by atoms with E-state index in [1.165, 1.54) is 13.8 Å². The van der Waals surface area contributed by atoms with Crippen LogP contribution >= 0.6 is 0 Å². The van der Waals surface area contributed by atoms with Crippen LogP contribution in [0.4, 0.5) is 0 Å². The number of hydrogen-bond donors (Lipinski definition) is 0. The van der Waals surface area contributed by atoms with Crippen molar-refractivity contribution in [3.8, 4) is 0 Å². The van der Waals surface area contributed by atoms with Gasteiger partial charge in [-0.2, -0.15) is 8.61 Å². The number of benzene rings is 2. The van der Waals surface area contributed by atoms with Crippen LogP contribution in [-0.4, -0.2) is 113 Å². The zero-order chi connectivity index (χ0) is 37.2. The Morgan fingerprint density at radius 1 is 0.560 bits per heavy atom. The van der Waals surface area contributed by atoms with Gasteiger partial charge in [-0.25, -0.2) is 16.8 Å². The molecule has 0 bridgehead atoms. The molecule has 0 amide bonds. The fraction of sp³-hybridized carbons (Fsp3) is 0.529. The molecule has 14 nitrogen and oxygen atoms in total. The normalized spacial score (nSPS) is 13.2. The predicted molar refractivity (Wildman–Crippen MR) is 185 cm³/mol. The molecule has 0 heterocycles. The van der Waals surface area contributed by atoms with Crippen LogP contribution in [0.5, 0.6) is 0 Å². The summed E-state index contributed by atoms with van der Waals surface area (Å²) in [7, 11) is -7.70. The highest BCUT2D eigenvalue weighted by molar-refractivity contribution is 7.88. The molecule has 2 aromatic carbocycles. The Morgan fingerprint density at radius 3 is 1.20 bits per heavy atom. The zero-order valence-corrected chi connectivity index (χ0v) is 30.7. The molecule has 2 unspecified atom stereocenters. The summed E-state index contributed by atoms with van der Waals surface area (Å²) in [5.74, 6) is -1.90. The smallest absolute Gasteiger partial charge is 0.307 e. The van der Waals surface area contributed by atoms with Crippen LogP contribution in [-0.2, 0) is 71.4 Å². The molecular weight excluding hydrogens is 693 g/mol. The monoisotopic (exact) mass is 740 g/mol. The number of ether oxygens (including phenoxy) is 4.